The molecule has 0 saturated carbocycles. The highest BCUT2D eigenvalue weighted by Crippen LogP contribution is 2.30. The number of pyridine rings is 1. The first-order valence-corrected chi connectivity index (χ1v) is 5.36. The molecule has 4 heteroatoms. The van der Waals surface area contributed by atoms with E-state index in [1.54, 1.807) is 23.7 Å². The Hall–Kier alpha value is -1.00. The van der Waals surface area contributed by atoms with Crippen LogP contribution in [-0.2, 0) is 5.41 Å². The summed E-state index contributed by atoms with van der Waals surface area (Å²) in [6, 6.07) is 1.99. The second-order valence-corrected chi connectivity index (χ2v) is 4.98. The summed E-state index contributed by atoms with van der Waals surface area (Å²) in [5.41, 5.74) is 6.64. The summed E-state index contributed by atoms with van der Waals surface area (Å²) in [6.07, 6.45) is 3.58. The van der Waals surface area contributed by atoms with Crippen LogP contribution in [0.5, 0.6) is 0 Å². The first-order chi connectivity index (χ1) is 6.63. The van der Waals surface area contributed by atoms with Crippen LogP contribution in [0.15, 0.2) is 18.5 Å². The summed E-state index contributed by atoms with van der Waals surface area (Å²) in [6.45, 7) is 4.83. The van der Waals surface area contributed by atoms with Crippen LogP contribution in [0, 0.1) is 0 Å². The van der Waals surface area contributed by atoms with E-state index in [1.165, 1.54) is 4.70 Å². The monoisotopic (exact) mass is 207 g/mol. The van der Waals surface area contributed by atoms with Gasteiger partial charge in [-0.15, -0.1) is 11.3 Å². The highest BCUT2D eigenvalue weighted by molar-refractivity contribution is 7.18. The number of rotatable bonds is 2. The Morgan fingerprint density at radius 2 is 2.29 bits per heavy atom. The second kappa shape index (κ2) is 3.29. The van der Waals surface area contributed by atoms with E-state index in [2.05, 4.69) is 23.8 Å². The maximum Gasteiger partial charge on any atom is 0.101 e. The Labute approximate surface area is 87.0 Å². The van der Waals surface area contributed by atoms with Gasteiger partial charge in [-0.25, -0.2) is 4.98 Å². The van der Waals surface area contributed by atoms with E-state index in [4.69, 9.17) is 5.73 Å². The zero-order chi connectivity index (χ0) is 10.2. The number of fused-ring (bicyclic) bond motifs is 1. The summed E-state index contributed by atoms with van der Waals surface area (Å²) >= 11 is 1.70. The minimum absolute atomic E-state index is 0.0380. The largest absolute Gasteiger partial charge is 0.330 e. The zero-order valence-electron chi connectivity index (χ0n) is 8.32. The molecule has 0 saturated heterocycles. The molecular formula is C10H13N3S. The van der Waals surface area contributed by atoms with Crippen molar-refractivity contribution in [3.63, 3.8) is 0 Å². The highest BCUT2D eigenvalue weighted by Gasteiger charge is 2.22. The first-order valence-electron chi connectivity index (χ1n) is 4.54. The van der Waals surface area contributed by atoms with Crippen molar-refractivity contribution in [3.8, 4) is 0 Å². The van der Waals surface area contributed by atoms with E-state index in [9.17, 15) is 0 Å². The predicted molar refractivity (Wildman–Crippen MR) is 59.5 cm³/mol. The predicted octanol–water partition coefficient (Wildman–Crippen LogP) is 1.93. The van der Waals surface area contributed by atoms with Crippen LogP contribution in [0.4, 0.5) is 0 Å². The fourth-order valence-electron chi connectivity index (χ4n) is 1.16. The van der Waals surface area contributed by atoms with Gasteiger partial charge in [-0.3, -0.25) is 4.98 Å². The maximum absolute atomic E-state index is 5.71. The Morgan fingerprint density at radius 1 is 1.50 bits per heavy atom. The lowest BCUT2D eigenvalue weighted by Gasteiger charge is -2.18. The number of hydrogen-bond acceptors (Lipinski definition) is 4. The molecule has 0 spiro atoms. The summed E-state index contributed by atoms with van der Waals surface area (Å²) in [5.74, 6) is 0. The van der Waals surface area contributed by atoms with E-state index >= 15 is 0 Å². The van der Waals surface area contributed by atoms with Gasteiger partial charge in [0.05, 0.1) is 16.4 Å². The number of nitrogens with zero attached hydrogens (tertiary/aromatic N) is 2. The van der Waals surface area contributed by atoms with Gasteiger partial charge < -0.3 is 5.73 Å². The summed E-state index contributed by atoms with van der Waals surface area (Å²) in [7, 11) is 0. The second-order valence-electron chi connectivity index (χ2n) is 3.95. The smallest absolute Gasteiger partial charge is 0.101 e. The molecule has 0 bridgehead atoms. The maximum atomic E-state index is 5.71. The molecule has 0 aliphatic heterocycles. The van der Waals surface area contributed by atoms with Crippen molar-refractivity contribution in [1.29, 1.82) is 0 Å². The zero-order valence-corrected chi connectivity index (χ0v) is 9.14. The lowest BCUT2D eigenvalue weighted by molar-refractivity contribution is 0.536. The van der Waals surface area contributed by atoms with Gasteiger partial charge in [0.15, 0.2) is 0 Å². The van der Waals surface area contributed by atoms with Crippen LogP contribution >= 0.6 is 11.3 Å². The van der Waals surface area contributed by atoms with E-state index in [1.807, 2.05) is 6.07 Å². The minimum atomic E-state index is -0.0380. The summed E-state index contributed by atoms with van der Waals surface area (Å²) < 4.78 is 1.18. The van der Waals surface area contributed by atoms with Gasteiger partial charge in [0.2, 0.25) is 0 Å². The molecule has 2 rings (SSSR count). The molecule has 2 aromatic rings. The van der Waals surface area contributed by atoms with Gasteiger partial charge in [0.1, 0.15) is 5.01 Å². The molecule has 0 aliphatic rings. The fourth-order valence-corrected chi connectivity index (χ4v) is 2.20. The molecule has 0 fully saturated rings. The Balaban J connectivity index is 2.55. The summed E-state index contributed by atoms with van der Waals surface area (Å²) in [5, 5.41) is 1.09. The van der Waals surface area contributed by atoms with Crippen molar-refractivity contribution >= 4 is 21.6 Å². The number of hydrogen-bond donors (Lipinski definition) is 1. The van der Waals surface area contributed by atoms with Gasteiger partial charge in [-0.2, -0.15) is 0 Å². The van der Waals surface area contributed by atoms with Crippen LogP contribution in [-0.4, -0.2) is 16.5 Å². The van der Waals surface area contributed by atoms with Crippen LogP contribution in [0.3, 0.4) is 0 Å². The molecule has 0 aromatic carbocycles. The molecule has 0 aliphatic carbocycles. The van der Waals surface area contributed by atoms with Crippen LogP contribution in [0.25, 0.3) is 10.2 Å². The molecule has 0 radical (unpaired) electrons. The summed E-state index contributed by atoms with van der Waals surface area (Å²) in [4.78, 5) is 8.58. The Morgan fingerprint density at radius 3 is 2.93 bits per heavy atom. The van der Waals surface area contributed by atoms with E-state index in [0.29, 0.717) is 6.54 Å². The van der Waals surface area contributed by atoms with Crippen molar-refractivity contribution in [3.05, 3.63) is 23.5 Å². The third-order valence-corrected chi connectivity index (χ3v) is 3.68. The van der Waals surface area contributed by atoms with E-state index in [-0.39, 0.29) is 5.41 Å². The van der Waals surface area contributed by atoms with Crippen molar-refractivity contribution in [2.45, 2.75) is 19.3 Å². The van der Waals surface area contributed by atoms with Crippen LogP contribution < -0.4 is 5.73 Å². The topological polar surface area (TPSA) is 51.8 Å². The van der Waals surface area contributed by atoms with Crippen molar-refractivity contribution in [2.75, 3.05) is 6.54 Å². The molecule has 2 heterocycles. The van der Waals surface area contributed by atoms with Gasteiger partial charge in [0, 0.05) is 18.2 Å². The van der Waals surface area contributed by atoms with Crippen molar-refractivity contribution in [2.24, 2.45) is 5.73 Å². The Kier molecular flexibility index (Phi) is 2.25. The van der Waals surface area contributed by atoms with Crippen molar-refractivity contribution in [1.82, 2.24) is 9.97 Å². The standard InChI is InChI=1S/C10H13N3S/c1-10(2,6-11)9-13-7-5-12-4-3-8(7)14-9/h3-5H,6,11H2,1-2H3. The average Bonchev–Trinajstić information content (AvgIpc) is 2.61. The third kappa shape index (κ3) is 1.51. The molecule has 14 heavy (non-hydrogen) atoms. The average molecular weight is 207 g/mol. The van der Waals surface area contributed by atoms with Gasteiger partial charge in [-0.05, 0) is 6.07 Å². The highest BCUT2D eigenvalue weighted by atomic mass is 32.1. The molecule has 0 unspecified atom stereocenters. The van der Waals surface area contributed by atoms with Gasteiger partial charge in [0.25, 0.3) is 0 Å². The molecule has 2 N–H and O–H groups in total. The number of thiazole rings is 1. The fraction of sp³-hybridized carbons (Fsp3) is 0.400. The van der Waals surface area contributed by atoms with Gasteiger partial charge in [-0.1, -0.05) is 13.8 Å². The van der Waals surface area contributed by atoms with E-state index < -0.39 is 0 Å². The van der Waals surface area contributed by atoms with Gasteiger partial charge >= 0.3 is 0 Å². The SMILES string of the molecule is CC(C)(CN)c1nc2cnccc2s1. The molecule has 0 atom stereocenters. The van der Waals surface area contributed by atoms with Crippen LogP contribution in [0.1, 0.15) is 18.9 Å². The van der Waals surface area contributed by atoms with Crippen LogP contribution in [0.2, 0.25) is 0 Å². The third-order valence-electron chi connectivity index (χ3n) is 2.28. The molecule has 0 amide bonds. The minimum Gasteiger partial charge on any atom is -0.330 e. The first kappa shape index (κ1) is 9.55. The Bertz CT molecular complexity index is 414. The lowest BCUT2D eigenvalue weighted by atomic mass is 9.95. The number of nitrogens with two attached hydrogens (primary N) is 1. The molecular weight excluding hydrogens is 194 g/mol. The quantitative estimate of drug-likeness (QED) is 0.818. The molecule has 3 nitrogen and oxygen atoms in total. The van der Waals surface area contributed by atoms with Crippen molar-refractivity contribution < 1.29 is 0 Å². The van der Waals surface area contributed by atoms with E-state index in [0.717, 1.165) is 10.5 Å². The molecule has 74 valence electrons. The normalized spacial score (nSPS) is 12.2. The number of aromatic nitrogens is 2. The molecule has 2 aromatic heterocycles. The lowest BCUT2D eigenvalue weighted by Crippen LogP contribution is -2.27.